The van der Waals surface area contributed by atoms with Crippen LogP contribution in [0.1, 0.15) is 41.0 Å². The van der Waals surface area contributed by atoms with Crippen molar-refractivity contribution < 1.29 is 34.4 Å². The van der Waals surface area contributed by atoms with Gasteiger partial charge in [0.15, 0.2) is 0 Å². The van der Waals surface area contributed by atoms with E-state index in [0.717, 1.165) is 12.1 Å². The van der Waals surface area contributed by atoms with Crippen LogP contribution < -0.4 is 0 Å². The number of carbonyl (C=O) groups is 2. The highest BCUT2D eigenvalue weighted by Crippen LogP contribution is 2.33. The van der Waals surface area contributed by atoms with Crippen LogP contribution in [0.2, 0.25) is 0 Å². The van der Waals surface area contributed by atoms with Crippen molar-refractivity contribution in [2.45, 2.75) is 70.5 Å². The standard InChI is InChI=1S/C20H31NO7/c1-6-12(2)17(23)28-15-8-10-21-9-7-14(16(15)21)11-27-18(24)20(26,13(3)22)19(4,5)25/h6-7,13,15-16,22,25-26H,8-11H2,1-5H3/b12-6-/t13-,15-,16-,20+/m1/s1. The van der Waals surface area contributed by atoms with Crippen LogP contribution in [0.4, 0.5) is 0 Å². The van der Waals surface area contributed by atoms with E-state index in [4.69, 9.17) is 9.47 Å². The van der Waals surface area contributed by atoms with Gasteiger partial charge in [0, 0.05) is 18.7 Å². The molecule has 1 fully saturated rings. The molecular weight excluding hydrogens is 366 g/mol. The number of aliphatic hydroxyl groups is 3. The van der Waals surface area contributed by atoms with Crippen LogP contribution in [0, 0.1) is 0 Å². The van der Waals surface area contributed by atoms with Gasteiger partial charge >= 0.3 is 11.9 Å². The van der Waals surface area contributed by atoms with Gasteiger partial charge in [0.05, 0.1) is 12.1 Å². The zero-order chi connectivity index (χ0) is 21.3. The fourth-order valence-electron chi connectivity index (χ4n) is 3.66. The number of allylic oxidation sites excluding steroid dienone is 1. The van der Waals surface area contributed by atoms with E-state index in [9.17, 15) is 24.9 Å². The van der Waals surface area contributed by atoms with Crippen molar-refractivity contribution in [1.82, 2.24) is 4.90 Å². The lowest BCUT2D eigenvalue weighted by Crippen LogP contribution is -2.63. The molecule has 0 amide bonds. The van der Waals surface area contributed by atoms with E-state index in [-0.39, 0.29) is 24.7 Å². The molecule has 1 saturated heterocycles. The molecule has 2 rings (SSSR count). The molecule has 0 radical (unpaired) electrons. The van der Waals surface area contributed by atoms with Crippen LogP contribution in [0.5, 0.6) is 0 Å². The largest absolute Gasteiger partial charge is 0.459 e. The van der Waals surface area contributed by atoms with E-state index in [0.29, 0.717) is 18.5 Å². The first-order valence-electron chi connectivity index (χ1n) is 9.50. The van der Waals surface area contributed by atoms with Gasteiger partial charge in [-0.15, -0.1) is 0 Å². The molecule has 0 aromatic rings. The van der Waals surface area contributed by atoms with Gasteiger partial charge in [0.1, 0.15) is 18.3 Å². The molecule has 0 saturated carbocycles. The Morgan fingerprint density at radius 1 is 1.39 bits per heavy atom. The Kier molecular flexibility index (Phi) is 6.70. The summed E-state index contributed by atoms with van der Waals surface area (Å²) in [6.07, 6.45) is 2.40. The summed E-state index contributed by atoms with van der Waals surface area (Å²) in [6, 6.07) is -0.191. The first kappa shape index (κ1) is 22.5. The molecule has 0 spiro atoms. The summed E-state index contributed by atoms with van der Waals surface area (Å²) >= 11 is 0. The number of ether oxygens (including phenoxy) is 2. The molecule has 158 valence electrons. The third-order valence-electron chi connectivity index (χ3n) is 5.65. The van der Waals surface area contributed by atoms with E-state index in [1.54, 1.807) is 19.9 Å². The second kappa shape index (κ2) is 8.32. The fraction of sp³-hybridized carbons (Fsp3) is 0.700. The van der Waals surface area contributed by atoms with Gasteiger partial charge in [-0.2, -0.15) is 0 Å². The summed E-state index contributed by atoms with van der Waals surface area (Å²) in [5.74, 6) is -1.48. The van der Waals surface area contributed by atoms with Crippen molar-refractivity contribution in [3.05, 3.63) is 23.3 Å². The molecule has 2 aliphatic heterocycles. The summed E-state index contributed by atoms with van der Waals surface area (Å²) in [5.41, 5.74) is -3.06. The molecule has 2 aliphatic rings. The van der Waals surface area contributed by atoms with Gasteiger partial charge in [-0.3, -0.25) is 4.90 Å². The topological polar surface area (TPSA) is 117 Å². The van der Waals surface area contributed by atoms with Gasteiger partial charge < -0.3 is 24.8 Å². The van der Waals surface area contributed by atoms with E-state index < -0.39 is 23.3 Å². The lowest BCUT2D eigenvalue weighted by molar-refractivity contribution is -0.213. The van der Waals surface area contributed by atoms with E-state index in [1.165, 1.54) is 20.8 Å². The van der Waals surface area contributed by atoms with Crippen LogP contribution >= 0.6 is 0 Å². The third-order valence-corrected chi connectivity index (χ3v) is 5.65. The Hall–Kier alpha value is -1.74. The first-order valence-corrected chi connectivity index (χ1v) is 9.50. The Morgan fingerprint density at radius 3 is 2.57 bits per heavy atom. The van der Waals surface area contributed by atoms with E-state index >= 15 is 0 Å². The second-order valence-corrected chi connectivity index (χ2v) is 8.00. The SMILES string of the molecule is C/C=C(/C)C(=O)O[C@@H]1CCN2CC=C(COC(=O)[C@@](O)([C@@H](C)O)C(C)(C)O)[C@H]12. The van der Waals surface area contributed by atoms with Crippen molar-refractivity contribution in [2.75, 3.05) is 19.7 Å². The number of aliphatic hydroxyl groups excluding tert-OH is 1. The zero-order valence-corrected chi connectivity index (χ0v) is 17.1. The number of nitrogens with zero attached hydrogens (tertiary/aromatic N) is 1. The van der Waals surface area contributed by atoms with Crippen LogP contribution in [-0.4, -0.2) is 81.3 Å². The average Bonchev–Trinajstić information content (AvgIpc) is 3.20. The van der Waals surface area contributed by atoms with Crippen molar-refractivity contribution in [3.63, 3.8) is 0 Å². The van der Waals surface area contributed by atoms with Crippen LogP contribution in [0.3, 0.4) is 0 Å². The second-order valence-electron chi connectivity index (χ2n) is 8.00. The van der Waals surface area contributed by atoms with Crippen molar-refractivity contribution in [1.29, 1.82) is 0 Å². The number of carbonyl (C=O) groups excluding carboxylic acids is 2. The predicted octanol–water partition coefficient (Wildman–Crippen LogP) is 0.305. The minimum Gasteiger partial charge on any atom is -0.459 e. The average molecular weight is 397 g/mol. The molecule has 28 heavy (non-hydrogen) atoms. The van der Waals surface area contributed by atoms with Crippen molar-refractivity contribution in [3.8, 4) is 0 Å². The summed E-state index contributed by atoms with van der Waals surface area (Å²) in [7, 11) is 0. The van der Waals surface area contributed by atoms with Crippen molar-refractivity contribution >= 4 is 11.9 Å². The first-order chi connectivity index (χ1) is 12.9. The lowest BCUT2D eigenvalue weighted by atomic mass is 9.81. The molecule has 0 aromatic carbocycles. The number of hydrogen-bond acceptors (Lipinski definition) is 8. The van der Waals surface area contributed by atoms with Crippen LogP contribution in [0.25, 0.3) is 0 Å². The predicted molar refractivity (Wildman–Crippen MR) is 101 cm³/mol. The molecule has 4 atom stereocenters. The maximum Gasteiger partial charge on any atom is 0.344 e. The number of fused-ring (bicyclic) bond motifs is 1. The molecule has 3 N–H and O–H groups in total. The molecule has 0 unspecified atom stereocenters. The maximum absolute atomic E-state index is 12.5. The number of rotatable bonds is 7. The smallest absolute Gasteiger partial charge is 0.344 e. The molecule has 0 aliphatic carbocycles. The third kappa shape index (κ3) is 4.15. The Labute approximate surface area is 165 Å². The summed E-state index contributed by atoms with van der Waals surface area (Å²) < 4.78 is 10.9. The minimum atomic E-state index is -2.46. The van der Waals surface area contributed by atoms with Gasteiger partial charge in [-0.25, -0.2) is 9.59 Å². The molecule has 2 heterocycles. The molecule has 8 nitrogen and oxygen atoms in total. The summed E-state index contributed by atoms with van der Waals surface area (Å²) in [6.45, 7) is 8.42. The maximum atomic E-state index is 12.5. The molecule has 0 bridgehead atoms. The molecule has 8 heteroatoms. The summed E-state index contributed by atoms with van der Waals surface area (Å²) in [4.78, 5) is 26.7. The molecule has 0 aromatic heterocycles. The quantitative estimate of drug-likeness (QED) is 0.319. The van der Waals surface area contributed by atoms with E-state index in [2.05, 4.69) is 4.90 Å². The van der Waals surface area contributed by atoms with Crippen LogP contribution in [-0.2, 0) is 19.1 Å². The van der Waals surface area contributed by atoms with Gasteiger partial charge in [-0.05, 0) is 46.6 Å². The summed E-state index contributed by atoms with van der Waals surface area (Å²) in [5, 5.41) is 30.5. The van der Waals surface area contributed by atoms with Crippen LogP contribution in [0.15, 0.2) is 23.3 Å². The molecular formula is C20H31NO7. The minimum absolute atomic E-state index is 0.123. The highest BCUT2D eigenvalue weighted by molar-refractivity contribution is 5.87. The van der Waals surface area contributed by atoms with Gasteiger partial charge in [0.2, 0.25) is 5.60 Å². The van der Waals surface area contributed by atoms with Gasteiger partial charge in [-0.1, -0.05) is 12.2 Å². The fourth-order valence-corrected chi connectivity index (χ4v) is 3.66. The van der Waals surface area contributed by atoms with Crippen molar-refractivity contribution in [2.24, 2.45) is 0 Å². The highest BCUT2D eigenvalue weighted by atomic mass is 16.6. The van der Waals surface area contributed by atoms with E-state index in [1.807, 2.05) is 6.08 Å². The monoisotopic (exact) mass is 397 g/mol. The zero-order valence-electron chi connectivity index (χ0n) is 17.1. The van der Waals surface area contributed by atoms with Gasteiger partial charge in [0.25, 0.3) is 0 Å². The number of hydrogen-bond donors (Lipinski definition) is 3. The Balaban J connectivity index is 2.06. The Morgan fingerprint density at radius 2 is 2.04 bits per heavy atom. The normalized spacial score (nSPS) is 26.3. The Bertz CT molecular complexity index is 677. The lowest BCUT2D eigenvalue weighted by Gasteiger charge is -2.38. The number of esters is 2. The highest BCUT2D eigenvalue weighted by Gasteiger charge is 2.54.